The summed E-state index contributed by atoms with van der Waals surface area (Å²) in [6, 6.07) is 0. The molecule has 2 unspecified atom stereocenters. The summed E-state index contributed by atoms with van der Waals surface area (Å²) in [5.41, 5.74) is 0. The molecule has 0 radical (unpaired) electrons. The smallest absolute Gasteiger partial charge is 0.306 e. The van der Waals surface area contributed by atoms with Crippen molar-refractivity contribution < 1.29 is 42.9 Å². The Balaban J connectivity index is 4.33. The van der Waals surface area contributed by atoms with Crippen molar-refractivity contribution in [3.8, 4) is 0 Å². The lowest BCUT2D eigenvalue weighted by molar-refractivity contribution is -0.870. The lowest BCUT2D eigenvalue weighted by atomic mass is 10.1. The zero-order chi connectivity index (χ0) is 42.1. The van der Waals surface area contributed by atoms with Crippen molar-refractivity contribution in [2.75, 3.05) is 47.5 Å². The molecule has 0 bridgehead atoms. The first kappa shape index (κ1) is 53.7. The lowest BCUT2D eigenvalue weighted by Crippen LogP contribution is -2.44. The number of nitrogens with zero attached hydrogens (tertiary/aromatic N) is 1. The number of carboxylic acid groups (broad SMARTS) is 1. The Kier molecular flexibility index (Phi) is 37.3. The topological polar surface area (TPSA) is 111 Å². The maximum atomic E-state index is 12.7. The van der Waals surface area contributed by atoms with Crippen LogP contribution in [-0.2, 0) is 33.3 Å². The Labute approximate surface area is 347 Å². The molecule has 0 aliphatic carbocycles. The summed E-state index contributed by atoms with van der Waals surface area (Å²) in [5.74, 6) is -2.32. The molecule has 0 aromatic carbocycles. The molecule has 0 rings (SSSR count). The van der Waals surface area contributed by atoms with Gasteiger partial charge in [0.15, 0.2) is 12.4 Å². The minimum Gasteiger partial charge on any atom is -0.545 e. The van der Waals surface area contributed by atoms with Gasteiger partial charge in [0.2, 0.25) is 0 Å². The van der Waals surface area contributed by atoms with Crippen LogP contribution in [0, 0.1) is 0 Å². The highest BCUT2D eigenvalue weighted by Crippen LogP contribution is 2.12. The van der Waals surface area contributed by atoms with E-state index in [-0.39, 0.29) is 38.6 Å². The molecule has 0 amide bonds. The van der Waals surface area contributed by atoms with Crippen LogP contribution in [0.15, 0.2) is 72.9 Å². The molecule has 0 aromatic heterocycles. The molecule has 0 aliphatic heterocycles. The average molecular weight is 800 g/mol. The number of hydrogen-bond donors (Lipinski definition) is 0. The number of esters is 2. The summed E-state index contributed by atoms with van der Waals surface area (Å²) in [4.78, 5) is 36.7. The first-order valence-electron chi connectivity index (χ1n) is 22.1. The van der Waals surface area contributed by atoms with Gasteiger partial charge in [0.1, 0.15) is 13.2 Å². The third-order valence-electron chi connectivity index (χ3n) is 8.97. The number of allylic oxidation sites excluding steroid dienone is 12. The van der Waals surface area contributed by atoms with Crippen molar-refractivity contribution in [1.29, 1.82) is 0 Å². The maximum absolute atomic E-state index is 12.7. The summed E-state index contributed by atoms with van der Waals surface area (Å²) >= 11 is 0. The Morgan fingerprint density at radius 2 is 1.00 bits per heavy atom. The highest BCUT2D eigenvalue weighted by molar-refractivity contribution is 5.70. The molecule has 0 saturated carbocycles. The number of carboxylic acids is 1. The number of unbranched alkanes of at least 4 members (excludes halogenated alkanes) is 12. The van der Waals surface area contributed by atoms with Crippen LogP contribution in [-0.4, -0.2) is 82.3 Å². The van der Waals surface area contributed by atoms with Gasteiger partial charge < -0.3 is 33.3 Å². The van der Waals surface area contributed by atoms with E-state index in [9.17, 15) is 19.5 Å². The van der Waals surface area contributed by atoms with E-state index in [1.54, 1.807) is 0 Å². The summed E-state index contributed by atoms with van der Waals surface area (Å²) < 4.78 is 22.4. The standard InChI is InChI=1S/C48H81NO8/c1-6-8-10-12-14-15-16-17-18-19-20-21-22-23-24-25-26-27-28-29-30-31-33-35-37-39-46(51)57-44(42-55-45(50)38-36-34-32-13-11-9-7-2)43-56-48(47(52)53)54-41-40-49(3,4)5/h8,10,14-15,17-18,20-21,23-24,26-27,44,48H,6-7,9,11-13,16,19,22,25,28-43H2,1-5H3/b10-8-,15-14-,18-17-,21-20-,24-23-,27-26-. The normalized spacial score (nSPS) is 13.6. The molecule has 0 aliphatic rings. The van der Waals surface area contributed by atoms with Gasteiger partial charge in [0.05, 0.1) is 40.3 Å². The molecule has 0 N–H and O–H groups in total. The number of carbonyl (C=O) groups excluding carboxylic acids is 3. The van der Waals surface area contributed by atoms with Crippen molar-refractivity contribution in [2.45, 2.75) is 167 Å². The molecule has 0 heterocycles. The molecule has 0 aromatic rings. The first-order valence-corrected chi connectivity index (χ1v) is 22.1. The van der Waals surface area contributed by atoms with Crippen LogP contribution >= 0.6 is 0 Å². The predicted octanol–water partition coefficient (Wildman–Crippen LogP) is 10.2. The highest BCUT2D eigenvalue weighted by atomic mass is 16.7. The molecule has 0 saturated heterocycles. The second-order valence-electron chi connectivity index (χ2n) is 15.6. The van der Waals surface area contributed by atoms with Gasteiger partial charge in [0.25, 0.3) is 0 Å². The van der Waals surface area contributed by atoms with Gasteiger partial charge in [-0.1, -0.05) is 151 Å². The van der Waals surface area contributed by atoms with E-state index >= 15 is 0 Å². The summed E-state index contributed by atoms with van der Waals surface area (Å²) in [7, 11) is 5.89. The fraction of sp³-hybridized carbons (Fsp3) is 0.688. The van der Waals surface area contributed by atoms with E-state index < -0.39 is 24.3 Å². The van der Waals surface area contributed by atoms with E-state index in [2.05, 4.69) is 86.8 Å². The van der Waals surface area contributed by atoms with Gasteiger partial charge in [-0.3, -0.25) is 9.59 Å². The van der Waals surface area contributed by atoms with Crippen LogP contribution < -0.4 is 5.11 Å². The number of carbonyl (C=O) groups is 3. The lowest BCUT2D eigenvalue weighted by Gasteiger charge is -2.26. The van der Waals surface area contributed by atoms with E-state index in [0.29, 0.717) is 17.4 Å². The number of likely N-dealkylation sites (N-methyl/N-ethyl adjacent to an activating group) is 1. The third-order valence-corrected chi connectivity index (χ3v) is 8.97. The van der Waals surface area contributed by atoms with E-state index in [4.69, 9.17) is 18.9 Å². The highest BCUT2D eigenvalue weighted by Gasteiger charge is 2.21. The molecule has 9 nitrogen and oxygen atoms in total. The van der Waals surface area contributed by atoms with Crippen molar-refractivity contribution in [2.24, 2.45) is 0 Å². The number of rotatable bonds is 39. The summed E-state index contributed by atoms with van der Waals surface area (Å²) in [6.45, 7) is 4.53. The molecule has 326 valence electrons. The van der Waals surface area contributed by atoms with Gasteiger partial charge in [-0.05, 0) is 64.2 Å². The third kappa shape index (κ3) is 40.7. The SMILES string of the molecule is CC/C=C\C/C=C\C/C=C\C/C=C\C/C=C\C/C=C\CCCCCCCCC(=O)OC(COC(=O)CCCCCCCCC)COC(OCC[N+](C)(C)C)C(=O)[O-]. The predicted molar refractivity (Wildman–Crippen MR) is 232 cm³/mol. The zero-order valence-corrected chi connectivity index (χ0v) is 36.7. The molecular weight excluding hydrogens is 719 g/mol. The van der Waals surface area contributed by atoms with Crippen molar-refractivity contribution in [1.82, 2.24) is 0 Å². The van der Waals surface area contributed by atoms with Gasteiger partial charge in [-0.15, -0.1) is 0 Å². The van der Waals surface area contributed by atoms with Gasteiger partial charge in [-0.25, -0.2) is 0 Å². The van der Waals surface area contributed by atoms with Crippen molar-refractivity contribution in [3.63, 3.8) is 0 Å². The first-order chi connectivity index (χ1) is 27.6. The average Bonchev–Trinajstić information content (AvgIpc) is 3.17. The fourth-order valence-electron chi connectivity index (χ4n) is 5.54. The van der Waals surface area contributed by atoms with Crippen LogP contribution in [0.2, 0.25) is 0 Å². The Morgan fingerprint density at radius 1 is 0.544 bits per heavy atom. The Bertz CT molecular complexity index is 1160. The minimum atomic E-state index is -1.62. The molecule has 9 heteroatoms. The molecule has 0 spiro atoms. The second kappa shape index (κ2) is 39.6. The number of hydrogen-bond acceptors (Lipinski definition) is 8. The van der Waals surface area contributed by atoms with Crippen LogP contribution in [0.5, 0.6) is 0 Å². The van der Waals surface area contributed by atoms with Crippen LogP contribution in [0.1, 0.15) is 155 Å². The van der Waals surface area contributed by atoms with Crippen molar-refractivity contribution in [3.05, 3.63) is 72.9 Å². The van der Waals surface area contributed by atoms with Gasteiger partial charge in [0, 0.05) is 12.8 Å². The quantitative estimate of drug-likeness (QED) is 0.0199. The summed E-state index contributed by atoms with van der Waals surface area (Å²) in [5, 5.41) is 11.6. The fourth-order valence-corrected chi connectivity index (χ4v) is 5.54. The second-order valence-corrected chi connectivity index (χ2v) is 15.6. The zero-order valence-electron chi connectivity index (χ0n) is 36.7. The van der Waals surface area contributed by atoms with Crippen LogP contribution in [0.25, 0.3) is 0 Å². The van der Waals surface area contributed by atoms with E-state index in [1.807, 2.05) is 21.1 Å². The number of aliphatic carboxylic acids is 1. The van der Waals surface area contributed by atoms with Gasteiger partial charge >= 0.3 is 11.9 Å². The van der Waals surface area contributed by atoms with Crippen molar-refractivity contribution >= 4 is 17.9 Å². The minimum absolute atomic E-state index is 0.141. The monoisotopic (exact) mass is 800 g/mol. The molecule has 2 atom stereocenters. The van der Waals surface area contributed by atoms with E-state index in [1.165, 1.54) is 25.7 Å². The van der Waals surface area contributed by atoms with Crippen LogP contribution in [0.3, 0.4) is 0 Å². The molecule has 0 fully saturated rings. The molecular formula is C48H81NO8. The van der Waals surface area contributed by atoms with Gasteiger partial charge in [-0.2, -0.15) is 0 Å². The molecule has 57 heavy (non-hydrogen) atoms. The number of ether oxygens (including phenoxy) is 4. The number of quaternary nitrogens is 1. The Hall–Kier alpha value is -3.27. The van der Waals surface area contributed by atoms with E-state index in [0.717, 1.165) is 96.3 Å². The maximum Gasteiger partial charge on any atom is 0.306 e. The Morgan fingerprint density at radius 3 is 1.49 bits per heavy atom. The van der Waals surface area contributed by atoms with Crippen LogP contribution in [0.4, 0.5) is 0 Å². The summed E-state index contributed by atoms with van der Waals surface area (Å²) in [6.07, 6.45) is 45.3. The largest absolute Gasteiger partial charge is 0.545 e.